The Labute approximate surface area is 84.4 Å². The summed E-state index contributed by atoms with van der Waals surface area (Å²) < 4.78 is 0. The predicted molar refractivity (Wildman–Crippen MR) is 53.8 cm³/mol. The fraction of sp³-hybridized carbons (Fsp3) is 0.667. The Morgan fingerprint density at radius 1 is 1.57 bits per heavy atom. The monoisotopic (exact) mass is 192 g/mol. The minimum atomic E-state index is -0.240. The Balaban J connectivity index is 2.24. The number of Topliss-reactive ketones (excluding diaryl/α,β-unsaturated/α-hetero) is 2. The van der Waals surface area contributed by atoms with Gasteiger partial charge in [-0.25, -0.2) is 0 Å². The predicted octanol–water partition coefficient (Wildman–Crippen LogP) is 2.28. The van der Waals surface area contributed by atoms with Gasteiger partial charge in [0.2, 0.25) is 0 Å². The lowest BCUT2D eigenvalue weighted by atomic mass is 9.78. The van der Waals surface area contributed by atoms with Crippen molar-refractivity contribution in [1.29, 1.82) is 0 Å². The molecule has 0 radical (unpaired) electrons. The zero-order chi connectivity index (χ0) is 10.3. The molecule has 0 bridgehead atoms. The molecule has 2 heteroatoms. The molecular weight excluding hydrogens is 176 g/mol. The first-order chi connectivity index (χ1) is 6.56. The molecule has 0 N–H and O–H groups in total. The molecular formula is C12H16O2. The molecule has 2 rings (SSSR count). The summed E-state index contributed by atoms with van der Waals surface area (Å²) in [6, 6.07) is 0. The maximum absolute atomic E-state index is 11.8. The Morgan fingerprint density at radius 2 is 2.29 bits per heavy atom. The van der Waals surface area contributed by atoms with Gasteiger partial charge in [-0.2, -0.15) is 0 Å². The van der Waals surface area contributed by atoms with E-state index in [1.165, 1.54) is 5.57 Å². The minimum Gasteiger partial charge on any atom is -0.300 e. The molecule has 1 spiro atoms. The molecule has 14 heavy (non-hydrogen) atoms. The van der Waals surface area contributed by atoms with Gasteiger partial charge in [0.15, 0.2) is 0 Å². The molecule has 0 aliphatic heterocycles. The Hall–Kier alpha value is -0.920. The van der Waals surface area contributed by atoms with Crippen molar-refractivity contribution >= 4 is 11.6 Å². The van der Waals surface area contributed by atoms with Crippen LogP contribution in [0, 0.1) is 11.3 Å². The van der Waals surface area contributed by atoms with E-state index < -0.39 is 0 Å². The van der Waals surface area contributed by atoms with E-state index >= 15 is 0 Å². The van der Waals surface area contributed by atoms with E-state index in [9.17, 15) is 9.59 Å². The summed E-state index contributed by atoms with van der Waals surface area (Å²) in [5.74, 6) is 0.702. The second-order valence-electron chi connectivity index (χ2n) is 4.65. The van der Waals surface area contributed by atoms with Crippen LogP contribution in [0.2, 0.25) is 0 Å². The van der Waals surface area contributed by atoms with E-state index in [1.54, 1.807) is 6.92 Å². The van der Waals surface area contributed by atoms with Crippen molar-refractivity contribution in [2.75, 3.05) is 0 Å². The minimum absolute atomic E-state index is 0.125. The van der Waals surface area contributed by atoms with Gasteiger partial charge in [0.25, 0.3) is 0 Å². The van der Waals surface area contributed by atoms with Gasteiger partial charge < -0.3 is 0 Å². The quantitative estimate of drug-likeness (QED) is 0.597. The molecule has 1 fully saturated rings. The molecule has 2 atom stereocenters. The highest BCUT2D eigenvalue weighted by molar-refractivity contribution is 5.93. The van der Waals surface area contributed by atoms with Gasteiger partial charge in [0, 0.05) is 12.3 Å². The lowest BCUT2D eigenvalue weighted by Gasteiger charge is -2.23. The summed E-state index contributed by atoms with van der Waals surface area (Å²) in [6.45, 7) is 3.68. The number of hydrogen-bond acceptors (Lipinski definition) is 2. The second-order valence-corrected chi connectivity index (χ2v) is 4.65. The molecule has 0 aromatic carbocycles. The maximum Gasteiger partial charge on any atom is 0.146 e. The number of rotatable bonds is 1. The second kappa shape index (κ2) is 3.04. The number of hydrogen-bond donors (Lipinski definition) is 0. The van der Waals surface area contributed by atoms with Crippen LogP contribution < -0.4 is 0 Å². The van der Waals surface area contributed by atoms with Crippen LogP contribution in [0.5, 0.6) is 0 Å². The Bertz CT molecular complexity index is 327. The van der Waals surface area contributed by atoms with E-state index in [0.717, 1.165) is 19.3 Å². The third-order valence-corrected chi connectivity index (χ3v) is 3.97. The largest absolute Gasteiger partial charge is 0.300 e. The lowest BCUT2D eigenvalue weighted by molar-refractivity contribution is -0.125. The molecule has 0 aromatic rings. The van der Waals surface area contributed by atoms with Gasteiger partial charge in [-0.15, -0.1) is 0 Å². The first kappa shape index (κ1) is 9.63. The van der Waals surface area contributed by atoms with Gasteiger partial charge in [0.05, 0.1) is 5.41 Å². The summed E-state index contributed by atoms with van der Waals surface area (Å²) in [4.78, 5) is 23.1. The van der Waals surface area contributed by atoms with Crippen molar-refractivity contribution in [1.82, 2.24) is 0 Å². The van der Waals surface area contributed by atoms with Gasteiger partial charge >= 0.3 is 0 Å². The molecule has 2 unspecified atom stereocenters. The molecule has 0 heterocycles. The summed E-state index contributed by atoms with van der Waals surface area (Å²) in [5, 5.41) is 0. The summed E-state index contributed by atoms with van der Waals surface area (Å²) in [6.07, 6.45) is 5.16. The fourth-order valence-corrected chi connectivity index (χ4v) is 2.86. The van der Waals surface area contributed by atoms with Crippen LogP contribution in [0.3, 0.4) is 0 Å². The highest BCUT2D eigenvalue weighted by atomic mass is 16.1. The van der Waals surface area contributed by atoms with E-state index in [2.05, 4.69) is 0 Å². The third-order valence-electron chi connectivity index (χ3n) is 3.97. The summed E-state index contributed by atoms with van der Waals surface area (Å²) >= 11 is 0. The zero-order valence-electron chi connectivity index (χ0n) is 8.80. The number of carbonyl (C=O) groups is 2. The zero-order valence-corrected chi connectivity index (χ0v) is 8.80. The molecule has 1 saturated carbocycles. The lowest BCUT2D eigenvalue weighted by Crippen LogP contribution is -2.25. The van der Waals surface area contributed by atoms with Crippen LogP contribution >= 0.6 is 0 Å². The topological polar surface area (TPSA) is 34.1 Å². The molecule has 76 valence electrons. The van der Waals surface area contributed by atoms with Crippen LogP contribution in [0.15, 0.2) is 11.6 Å². The Morgan fingerprint density at radius 3 is 2.71 bits per heavy atom. The normalized spacial score (nSPS) is 36.6. The van der Waals surface area contributed by atoms with Crippen molar-refractivity contribution < 1.29 is 9.59 Å². The van der Waals surface area contributed by atoms with Crippen LogP contribution in [-0.4, -0.2) is 11.6 Å². The van der Waals surface area contributed by atoms with Gasteiger partial charge in [0.1, 0.15) is 11.6 Å². The summed E-state index contributed by atoms with van der Waals surface area (Å²) in [5.41, 5.74) is 0.960. The number of allylic oxidation sites excluding steroid dienone is 2. The molecule has 0 aromatic heterocycles. The third kappa shape index (κ3) is 1.17. The van der Waals surface area contributed by atoms with Crippen LogP contribution in [-0.2, 0) is 9.59 Å². The number of ketones is 2. The SMILES string of the molecule is CC(=O)C1CCC2(C1)C(=O)CC=C2C. The van der Waals surface area contributed by atoms with Crippen LogP contribution in [0.4, 0.5) is 0 Å². The van der Waals surface area contributed by atoms with E-state index in [0.29, 0.717) is 12.2 Å². The average molecular weight is 192 g/mol. The van der Waals surface area contributed by atoms with E-state index in [-0.39, 0.29) is 17.1 Å². The van der Waals surface area contributed by atoms with Crippen LogP contribution in [0.1, 0.15) is 39.5 Å². The van der Waals surface area contributed by atoms with Crippen molar-refractivity contribution in [3.05, 3.63) is 11.6 Å². The van der Waals surface area contributed by atoms with Crippen molar-refractivity contribution in [3.63, 3.8) is 0 Å². The molecule has 2 nitrogen and oxygen atoms in total. The molecule has 0 amide bonds. The highest BCUT2D eigenvalue weighted by Crippen LogP contribution is 2.51. The Kier molecular flexibility index (Phi) is 2.09. The van der Waals surface area contributed by atoms with Gasteiger partial charge in [-0.1, -0.05) is 11.6 Å². The summed E-state index contributed by atoms with van der Waals surface area (Å²) in [7, 11) is 0. The van der Waals surface area contributed by atoms with E-state index in [4.69, 9.17) is 0 Å². The fourth-order valence-electron chi connectivity index (χ4n) is 2.86. The molecule has 2 aliphatic rings. The van der Waals surface area contributed by atoms with Crippen molar-refractivity contribution in [2.45, 2.75) is 39.5 Å². The smallest absolute Gasteiger partial charge is 0.146 e. The molecule has 2 aliphatic carbocycles. The van der Waals surface area contributed by atoms with Gasteiger partial charge in [-0.05, 0) is 33.1 Å². The van der Waals surface area contributed by atoms with Gasteiger partial charge in [-0.3, -0.25) is 9.59 Å². The van der Waals surface area contributed by atoms with Crippen molar-refractivity contribution in [3.8, 4) is 0 Å². The first-order valence-electron chi connectivity index (χ1n) is 5.27. The first-order valence-corrected chi connectivity index (χ1v) is 5.27. The highest BCUT2D eigenvalue weighted by Gasteiger charge is 2.48. The molecule has 0 saturated heterocycles. The average Bonchev–Trinajstić information content (AvgIpc) is 2.68. The standard InChI is InChI=1S/C12H16O2/c1-8-3-4-11(14)12(8)6-5-10(7-12)9(2)13/h3,10H,4-7H2,1-2H3. The van der Waals surface area contributed by atoms with Crippen LogP contribution in [0.25, 0.3) is 0 Å². The maximum atomic E-state index is 11.8. The number of carbonyl (C=O) groups excluding carboxylic acids is 2. The van der Waals surface area contributed by atoms with E-state index in [1.807, 2.05) is 13.0 Å². The van der Waals surface area contributed by atoms with Crippen molar-refractivity contribution in [2.24, 2.45) is 11.3 Å².